The van der Waals surface area contributed by atoms with Gasteiger partial charge in [0.05, 0.1) is 16.8 Å². The van der Waals surface area contributed by atoms with Crippen LogP contribution in [-0.4, -0.2) is 20.3 Å². The molecule has 0 saturated carbocycles. The predicted molar refractivity (Wildman–Crippen MR) is 86.8 cm³/mol. The lowest BCUT2D eigenvalue weighted by Gasteiger charge is -2.08. The molecule has 1 N–H and O–H groups in total. The minimum absolute atomic E-state index is 0.0601. The minimum Gasteiger partial charge on any atom is -0.350 e. The van der Waals surface area contributed by atoms with E-state index in [0.29, 0.717) is 12.1 Å². The summed E-state index contributed by atoms with van der Waals surface area (Å²) in [5.74, 6) is -0.0601. The molecule has 0 atom stereocenters. The van der Waals surface area contributed by atoms with Crippen LogP contribution < -0.4 is 5.32 Å². The van der Waals surface area contributed by atoms with Gasteiger partial charge < -0.3 is 9.88 Å². The van der Waals surface area contributed by atoms with Crippen molar-refractivity contribution in [3.05, 3.63) is 53.0 Å². The Labute approximate surface area is 129 Å². The Morgan fingerprint density at radius 2 is 2.00 bits per heavy atom. The molecule has 1 aromatic carbocycles. The number of carbonyl (C=O) groups excluding carboxylic acids is 1. The fourth-order valence-corrected chi connectivity index (χ4v) is 2.88. The SMILES string of the molecule is Cc1nn(C)c(C)c1CNC(=O)c1cccc2ccn(C)c12. The molecule has 0 aliphatic heterocycles. The van der Waals surface area contributed by atoms with E-state index >= 15 is 0 Å². The molecule has 0 aliphatic rings. The number of para-hydroxylation sites is 1. The molecular weight excluding hydrogens is 276 g/mol. The smallest absolute Gasteiger partial charge is 0.253 e. The second kappa shape index (κ2) is 5.33. The van der Waals surface area contributed by atoms with Gasteiger partial charge in [-0.05, 0) is 26.0 Å². The van der Waals surface area contributed by atoms with Crippen LogP contribution in [0.2, 0.25) is 0 Å². The number of hydrogen-bond acceptors (Lipinski definition) is 2. The number of hydrogen-bond donors (Lipinski definition) is 1. The zero-order valence-electron chi connectivity index (χ0n) is 13.3. The number of rotatable bonds is 3. The summed E-state index contributed by atoms with van der Waals surface area (Å²) in [4.78, 5) is 12.6. The molecule has 0 saturated heterocycles. The maximum absolute atomic E-state index is 12.6. The highest BCUT2D eigenvalue weighted by Crippen LogP contribution is 2.19. The van der Waals surface area contributed by atoms with Gasteiger partial charge in [-0.25, -0.2) is 0 Å². The highest BCUT2D eigenvalue weighted by Gasteiger charge is 2.14. The summed E-state index contributed by atoms with van der Waals surface area (Å²) in [7, 11) is 3.87. The van der Waals surface area contributed by atoms with Gasteiger partial charge in [-0.3, -0.25) is 9.48 Å². The van der Waals surface area contributed by atoms with Crippen molar-refractivity contribution in [1.29, 1.82) is 0 Å². The highest BCUT2D eigenvalue weighted by molar-refractivity contribution is 6.05. The molecule has 5 nitrogen and oxygen atoms in total. The molecule has 114 valence electrons. The highest BCUT2D eigenvalue weighted by atomic mass is 16.1. The van der Waals surface area contributed by atoms with Crippen molar-refractivity contribution in [3.63, 3.8) is 0 Å². The molecule has 0 fully saturated rings. The van der Waals surface area contributed by atoms with E-state index in [-0.39, 0.29) is 5.91 Å². The Balaban J connectivity index is 1.86. The zero-order chi connectivity index (χ0) is 15.9. The van der Waals surface area contributed by atoms with E-state index < -0.39 is 0 Å². The summed E-state index contributed by atoms with van der Waals surface area (Å²) in [5, 5.41) is 8.47. The lowest BCUT2D eigenvalue weighted by molar-refractivity contribution is 0.0952. The first-order valence-corrected chi connectivity index (χ1v) is 7.30. The van der Waals surface area contributed by atoms with Crippen LogP contribution in [0.4, 0.5) is 0 Å². The molecule has 0 bridgehead atoms. The molecule has 5 heteroatoms. The van der Waals surface area contributed by atoms with Gasteiger partial charge in [0.15, 0.2) is 0 Å². The molecule has 22 heavy (non-hydrogen) atoms. The molecule has 3 aromatic rings. The Kier molecular flexibility index (Phi) is 3.48. The second-order valence-corrected chi connectivity index (χ2v) is 5.63. The van der Waals surface area contributed by atoms with Crippen molar-refractivity contribution in [3.8, 4) is 0 Å². The molecule has 3 rings (SSSR count). The fourth-order valence-electron chi connectivity index (χ4n) is 2.88. The van der Waals surface area contributed by atoms with E-state index in [0.717, 1.165) is 27.9 Å². The van der Waals surface area contributed by atoms with Crippen molar-refractivity contribution in [1.82, 2.24) is 19.7 Å². The van der Waals surface area contributed by atoms with Crippen molar-refractivity contribution < 1.29 is 4.79 Å². The molecule has 0 spiro atoms. The Bertz CT molecular complexity index is 857. The van der Waals surface area contributed by atoms with Crippen molar-refractivity contribution in [2.24, 2.45) is 14.1 Å². The number of aromatic nitrogens is 3. The van der Waals surface area contributed by atoms with Gasteiger partial charge in [0.25, 0.3) is 5.91 Å². The number of nitrogens with one attached hydrogen (secondary N) is 1. The van der Waals surface area contributed by atoms with E-state index in [1.54, 1.807) is 0 Å². The van der Waals surface area contributed by atoms with Gasteiger partial charge in [-0.15, -0.1) is 0 Å². The molecule has 0 aliphatic carbocycles. The second-order valence-electron chi connectivity index (χ2n) is 5.63. The van der Waals surface area contributed by atoms with Crippen molar-refractivity contribution in [2.75, 3.05) is 0 Å². The largest absolute Gasteiger partial charge is 0.350 e. The number of aryl methyl sites for hydroxylation is 3. The van der Waals surface area contributed by atoms with E-state index in [1.807, 2.05) is 67.7 Å². The monoisotopic (exact) mass is 296 g/mol. The summed E-state index contributed by atoms with van der Waals surface area (Å²) in [6.07, 6.45) is 1.97. The van der Waals surface area contributed by atoms with Crippen LogP contribution in [0.1, 0.15) is 27.3 Å². The lowest BCUT2D eigenvalue weighted by atomic mass is 10.1. The molecule has 1 amide bonds. The Morgan fingerprint density at radius 1 is 1.23 bits per heavy atom. The first-order valence-electron chi connectivity index (χ1n) is 7.30. The third kappa shape index (κ3) is 2.28. The van der Waals surface area contributed by atoms with Gasteiger partial charge >= 0.3 is 0 Å². The third-order valence-electron chi connectivity index (χ3n) is 4.23. The number of fused-ring (bicyclic) bond motifs is 1. The Morgan fingerprint density at radius 3 is 2.68 bits per heavy atom. The molecule has 2 aromatic heterocycles. The molecular formula is C17H20N4O. The summed E-state index contributed by atoms with van der Waals surface area (Å²) in [6, 6.07) is 7.81. The summed E-state index contributed by atoms with van der Waals surface area (Å²) in [5.41, 5.74) is 4.77. The number of amides is 1. The topological polar surface area (TPSA) is 51.9 Å². The molecule has 0 unspecified atom stereocenters. The van der Waals surface area contributed by atoms with Gasteiger partial charge in [-0.1, -0.05) is 12.1 Å². The van der Waals surface area contributed by atoms with E-state index in [1.165, 1.54) is 0 Å². The van der Waals surface area contributed by atoms with Crippen LogP contribution in [0.3, 0.4) is 0 Å². The minimum atomic E-state index is -0.0601. The number of carbonyl (C=O) groups is 1. The van der Waals surface area contributed by atoms with E-state index in [4.69, 9.17) is 0 Å². The van der Waals surface area contributed by atoms with Crippen LogP contribution >= 0.6 is 0 Å². The average molecular weight is 296 g/mol. The Hall–Kier alpha value is -2.56. The third-order valence-corrected chi connectivity index (χ3v) is 4.23. The fraction of sp³-hybridized carbons (Fsp3) is 0.294. The lowest BCUT2D eigenvalue weighted by Crippen LogP contribution is -2.24. The van der Waals surface area contributed by atoms with Crippen molar-refractivity contribution >= 4 is 16.8 Å². The summed E-state index contributed by atoms with van der Waals surface area (Å²) >= 11 is 0. The molecule has 2 heterocycles. The maximum Gasteiger partial charge on any atom is 0.253 e. The van der Waals surface area contributed by atoms with Gasteiger partial charge in [0, 0.05) is 43.5 Å². The normalized spacial score (nSPS) is 11.1. The van der Waals surface area contributed by atoms with Crippen LogP contribution in [0.15, 0.2) is 30.5 Å². The van der Waals surface area contributed by atoms with Crippen molar-refractivity contribution in [2.45, 2.75) is 20.4 Å². The first-order chi connectivity index (χ1) is 10.5. The molecule has 0 radical (unpaired) electrons. The van der Waals surface area contributed by atoms with E-state index in [2.05, 4.69) is 10.4 Å². The quantitative estimate of drug-likeness (QED) is 0.807. The maximum atomic E-state index is 12.6. The standard InChI is InChI=1S/C17H20N4O/c1-11-15(12(2)21(4)19-11)10-18-17(22)14-7-5-6-13-8-9-20(3)16(13)14/h5-9H,10H2,1-4H3,(H,18,22). The van der Waals surface area contributed by atoms with Gasteiger partial charge in [0.2, 0.25) is 0 Å². The number of nitrogens with zero attached hydrogens (tertiary/aromatic N) is 3. The van der Waals surface area contributed by atoms with Crippen LogP contribution in [0.5, 0.6) is 0 Å². The first kappa shape index (κ1) is 14.4. The predicted octanol–water partition coefficient (Wildman–Crippen LogP) is 2.46. The van der Waals surface area contributed by atoms with Crippen LogP contribution in [0.25, 0.3) is 10.9 Å². The zero-order valence-corrected chi connectivity index (χ0v) is 13.3. The van der Waals surface area contributed by atoms with Gasteiger partial charge in [0.1, 0.15) is 0 Å². The summed E-state index contributed by atoms with van der Waals surface area (Å²) < 4.78 is 3.82. The van der Waals surface area contributed by atoms with Gasteiger partial charge in [-0.2, -0.15) is 5.10 Å². The average Bonchev–Trinajstić information content (AvgIpc) is 2.98. The van der Waals surface area contributed by atoms with Crippen LogP contribution in [0, 0.1) is 13.8 Å². The summed E-state index contributed by atoms with van der Waals surface area (Å²) in [6.45, 7) is 4.47. The van der Waals surface area contributed by atoms with Crippen LogP contribution in [-0.2, 0) is 20.6 Å². The number of benzene rings is 1. The van der Waals surface area contributed by atoms with E-state index in [9.17, 15) is 4.79 Å².